The van der Waals surface area contributed by atoms with Crippen molar-refractivity contribution in [1.82, 2.24) is 0 Å². The number of hydrogen-bond donors (Lipinski definition) is 1. The van der Waals surface area contributed by atoms with Gasteiger partial charge in [-0.1, -0.05) is 50.3 Å². The molecular weight excluding hydrogens is 308 g/mol. The molecule has 0 aliphatic rings. The molecule has 0 rings (SSSR count). The molecule has 0 aromatic heterocycles. The van der Waals surface area contributed by atoms with Crippen molar-refractivity contribution in [3.63, 3.8) is 0 Å². The van der Waals surface area contributed by atoms with Gasteiger partial charge in [-0.25, -0.2) is 0 Å². The van der Waals surface area contributed by atoms with Gasteiger partial charge < -0.3 is 14.6 Å². The lowest BCUT2D eigenvalue weighted by molar-refractivity contribution is -0.150. The second-order valence-electron chi connectivity index (χ2n) is 4.88. The van der Waals surface area contributed by atoms with Crippen molar-refractivity contribution >= 4 is 11.9 Å². The lowest BCUT2D eigenvalue weighted by atomic mass is 10.3. The third-order valence-corrected chi connectivity index (χ3v) is 2.55. The van der Waals surface area contributed by atoms with Gasteiger partial charge in [-0.3, -0.25) is 9.59 Å². The molecule has 0 bridgehead atoms. The van der Waals surface area contributed by atoms with Gasteiger partial charge in [-0.05, 0) is 26.2 Å². The predicted molar refractivity (Wildman–Crippen MR) is 96.5 cm³/mol. The predicted octanol–water partition coefficient (Wildman–Crippen LogP) is 3.73. The Morgan fingerprint density at radius 3 is 2.00 bits per heavy atom. The highest BCUT2D eigenvalue weighted by Crippen LogP contribution is 1.92. The molecule has 5 nitrogen and oxygen atoms in total. The minimum Gasteiger partial charge on any atom is -0.463 e. The molecule has 0 aromatic carbocycles. The second-order valence-corrected chi connectivity index (χ2v) is 4.88. The zero-order valence-corrected chi connectivity index (χ0v) is 15.4. The molecule has 0 saturated carbocycles. The summed E-state index contributed by atoms with van der Waals surface area (Å²) in [5.41, 5.74) is 0. The zero-order valence-electron chi connectivity index (χ0n) is 15.4. The Morgan fingerprint density at radius 1 is 0.958 bits per heavy atom. The molecule has 0 aliphatic carbocycles. The van der Waals surface area contributed by atoms with Gasteiger partial charge in [0.05, 0.1) is 0 Å². The van der Waals surface area contributed by atoms with Gasteiger partial charge >= 0.3 is 11.9 Å². The summed E-state index contributed by atoms with van der Waals surface area (Å²) in [5.74, 6) is -0.859. The normalized spacial score (nSPS) is 12.2. The van der Waals surface area contributed by atoms with Crippen LogP contribution in [0.1, 0.15) is 53.4 Å². The summed E-state index contributed by atoms with van der Waals surface area (Å²) in [6, 6.07) is 0. The molecule has 0 saturated heterocycles. The maximum atomic E-state index is 10.6. The standard InChI is InChI=1S/C11H18.C8H14O5/c1-3-5-7-9-11-10-8-6-4-2;1-3-8(11)13-5-7(10)4-12-6(2)9/h3,5-6,8-9,11H,4,7,10H2,1-2H3;7,10H,3-5H2,1-2H3/b5-3-,8-6-,11-9-;. The molecule has 0 fully saturated rings. The van der Waals surface area contributed by atoms with E-state index >= 15 is 0 Å². The highest BCUT2D eigenvalue weighted by Gasteiger charge is 2.08. The van der Waals surface area contributed by atoms with Gasteiger partial charge in [-0.15, -0.1) is 0 Å². The number of ether oxygens (including phenoxy) is 2. The summed E-state index contributed by atoms with van der Waals surface area (Å²) < 4.78 is 9.09. The van der Waals surface area contributed by atoms with Crippen molar-refractivity contribution in [3.05, 3.63) is 36.5 Å². The third-order valence-electron chi connectivity index (χ3n) is 2.55. The largest absolute Gasteiger partial charge is 0.463 e. The van der Waals surface area contributed by atoms with E-state index in [-0.39, 0.29) is 25.6 Å². The lowest BCUT2D eigenvalue weighted by Crippen LogP contribution is -2.24. The fourth-order valence-corrected chi connectivity index (χ4v) is 1.30. The highest BCUT2D eigenvalue weighted by atomic mass is 16.6. The molecule has 0 amide bonds. The van der Waals surface area contributed by atoms with E-state index in [0.717, 1.165) is 19.3 Å². The van der Waals surface area contributed by atoms with E-state index in [2.05, 4.69) is 52.9 Å². The first-order chi connectivity index (χ1) is 11.5. The number of aliphatic hydroxyl groups is 1. The number of carbonyl (C=O) groups is 2. The molecule has 0 aliphatic heterocycles. The van der Waals surface area contributed by atoms with E-state index in [4.69, 9.17) is 5.11 Å². The maximum absolute atomic E-state index is 10.6. The second kappa shape index (κ2) is 19.2. The monoisotopic (exact) mass is 340 g/mol. The van der Waals surface area contributed by atoms with Gasteiger partial charge in [0.2, 0.25) is 0 Å². The van der Waals surface area contributed by atoms with Crippen LogP contribution in [0.4, 0.5) is 0 Å². The van der Waals surface area contributed by atoms with Crippen LogP contribution in [0.2, 0.25) is 0 Å². The molecule has 5 heteroatoms. The fraction of sp³-hybridized carbons (Fsp3) is 0.579. The van der Waals surface area contributed by atoms with Gasteiger partial charge in [0.15, 0.2) is 0 Å². The first-order valence-electron chi connectivity index (χ1n) is 8.35. The van der Waals surface area contributed by atoms with Crippen LogP contribution in [-0.2, 0) is 19.1 Å². The summed E-state index contributed by atoms with van der Waals surface area (Å²) in [6.07, 6.45) is 15.6. The Labute approximate surface area is 146 Å². The van der Waals surface area contributed by atoms with Crippen molar-refractivity contribution in [2.24, 2.45) is 0 Å². The molecule has 24 heavy (non-hydrogen) atoms. The Balaban J connectivity index is 0. The van der Waals surface area contributed by atoms with Crippen molar-refractivity contribution < 1.29 is 24.2 Å². The van der Waals surface area contributed by atoms with Crippen molar-refractivity contribution in [2.45, 2.75) is 59.5 Å². The molecule has 0 radical (unpaired) electrons. The number of allylic oxidation sites excluding steroid dienone is 6. The number of aliphatic hydroxyl groups excluding tert-OH is 1. The topological polar surface area (TPSA) is 72.8 Å². The minimum absolute atomic E-state index is 0.139. The molecule has 1 unspecified atom stereocenters. The number of esters is 2. The van der Waals surface area contributed by atoms with Crippen LogP contribution in [0, 0.1) is 0 Å². The molecule has 1 N–H and O–H groups in total. The number of hydrogen-bond acceptors (Lipinski definition) is 5. The SMILES string of the molecule is C/C=C\C/C=C\C/C=C\CC.CCC(=O)OCC(O)COC(C)=O. The van der Waals surface area contributed by atoms with Crippen LogP contribution < -0.4 is 0 Å². The molecule has 0 spiro atoms. The molecule has 0 heterocycles. The Hall–Kier alpha value is -1.88. The third kappa shape index (κ3) is 22.4. The van der Waals surface area contributed by atoms with Crippen molar-refractivity contribution in [3.8, 4) is 0 Å². The van der Waals surface area contributed by atoms with Crippen LogP contribution in [-0.4, -0.2) is 36.4 Å². The van der Waals surface area contributed by atoms with E-state index in [0.29, 0.717) is 0 Å². The van der Waals surface area contributed by atoms with Crippen molar-refractivity contribution in [1.29, 1.82) is 0 Å². The van der Waals surface area contributed by atoms with Gasteiger partial charge in [0.25, 0.3) is 0 Å². The summed E-state index contributed by atoms with van der Waals surface area (Å²) in [7, 11) is 0. The highest BCUT2D eigenvalue weighted by molar-refractivity contribution is 5.68. The van der Waals surface area contributed by atoms with E-state index in [1.54, 1.807) is 6.92 Å². The average Bonchev–Trinajstić information content (AvgIpc) is 2.57. The Bertz CT molecular complexity index is 397. The Morgan fingerprint density at radius 2 is 1.50 bits per heavy atom. The first kappa shape index (κ1) is 24.4. The molecule has 138 valence electrons. The first-order valence-corrected chi connectivity index (χ1v) is 8.35. The number of carbonyl (C=O) groups excluding carboxylic acids is 2. The van der Waals surface area contributed by atoms with Crippen LogP contribution >= 0.6 is 0 Å². The molecular formula is C19H32O5. The zero-order chi connectivity index (χ0) is 18.6. The van der Waals surface area contributed by atoms with Crippen LogP contribution in [0.5, 0.6) is 0 Å². The van der Waals surface area contributed by atoms with Crippen LogP contribution in [0.3, 0.4) is 0 Å². The van der Waals surface area contributed by atoms with Crippen molar-refractivity contribution in [2.75, 3.05) is 13.2 Å². The molecule has 0 aromatic rings. The smallest absolute Gasteiger partial charge is 0.305 e. The maximum Gasteiger partial charge on any atom is 0.305 e. The summed E-state index contributed by atoms with van der Waals surface area (Å²) >= 11 is 0. The van der Waals surface area contributed by atoms with E-state index in [9.17, 15) is 9.59 Å². The lowest BCUT2D eigenvalue weighted by Gasteiger charge is -2.10. The van der Waals surface area contributed by atoms with E-state index in [1.165, 1.54) is 6.92 Å². The minimum atomic E-state index is -0.945. The van der Waals surface area contributed by atoms with E-state index < -0.39 is 12.1 Å². The van der Waals surface area contributed by atoms with E-state index in [1.807, 2.05) is 6.92 Å². The van der Waals surface area contributed by atoms with Gasteiger partial charge in [0.1, 0.15) is 19.3 Å². The quantitative estimate of drug-likeness (QED) is 0.484. The summed E-state index contributed by atoms with van der Waals surface area (Å²) in [4.78, 5) is 20.9. The summed E-state index contributed by atoms with van der Waals surface area (Å²) in [5, 5.41) is 9.09. The molecule has 1 atom stereocenters. The number of rotatable bonds is 10. The van der Waals surface area contributed by atoms with Gasteiger partial charge in [-0.2, -0.15) is 0 Å². The summed E-state index contributed by atoms with van der Waals surface area (Å²) in [6.45, 7) is 6.81. The van der Waals surface area contributed by atoms with Crippen LogP contribution in [0.15, 0.2) is 36.5 Å². The van der Waals surface area contributed by atoms with Gasteiger partial charge in [0, 0.05) is 13.3 Å². The fourth-order valence-electron chi connectivity index (χ4n) is 1.30. The Kier molecular flexibility index (Phi) is 19.5. The van der Waals surface area contributed by atoms with Crippen LogP contribution in [0.25, 0.3) is 0 Å². The average molecular weight is 340 g/mol.